The Labute approximate surface area is 226 Å². The molecule has 3 heterocycles. The number of rotatable bonds is 6. The number of sulfonamides is 1. The van der Waals surface area contributed by atoms with Gasteiger partial charge in [0.15, 0.2) is 0 Å². The van der Waals surface area contributed by atoms with Gasteiger partial charge >= 0.3 is 0 Å². The van der Waals surface area contributed by atoms with Gasteiger partial charge in [0, 0.05) is 43.6 Å². The highest BCUT2D eigenvalue weighted by atomic mass is 32.2. The first kappa shape index (κ1) is 26.4. The summed E-state index contributed by atoms with van der Waals surface area (Å²) in [7, 11) is -3.69. The molecule has 12 heteroatoms. The number of piperazine rings is 1. The van der Waals surface area contributed by atoms with Crippen molar-refractivity contribution in [2.75, 3.05) is 35.6 Å². The summed E-state index contributed by atoms with van der Waals surface area (Å²) in [6.07, 6.45) is 3.47. The number of ether oxygens (including phenoxy) is 1. The maximum absolute atomic E-state index is 13.3. The van der Waals surface area contributed by atoms with Crippen molar-refractivity contribution < 1.29 is 17.5 Å². The van der Waals surface area contributed by atoms with E-state index in [9.17, 15) is 12.8 Å². The lowest BCUT2D eigenvalue weighted by Gasteiger charge is -2.42. The number of nitrogens with one attached hydrogen (secondary N) is 2. The van der Waals surface area contributed by atoms with Gasteiger partial charge in [-0.3, -0.25) is 0 Å². The van der Waals surface area contributed by atoms with Crippen molar-refractivity contribution in [3.8, 4) is 11.5 Å². The molecule has 0 amide bonds. The fourth-order valence-corrected chi connectivity index (χ4v) is 5.09. The Hall–Kier alpha value is -4.19. The summed E-state index contributed by atoms with van der Waals surface area (Å²) in [5.41, 5.74) is 2.46. The highest BCUT2D eigenvalue weighted by molar-refractivity contribution is 7.90. The van der Waals surface area contributed by atoms with Gasteiger partial charge in [0.1, 0.15) is 35.1 Å². The number of hydrogen-bond acceptors (Lipinski definition) is 6. The summed E-state index contributed by atoms with van der Waals surface area (Å²) < 4.78 is 48.4. The molecular formula is C27H30FN7O3S. The average molecular weight is 552 g/mol. The van der Waals surface area contributed by atoms with Crippen LogP contribution in [0.1, 0.15) is 19.4 Å². The molecule has 0 aliphatic carbocycles. The Morgan fingerprint density at radius 2 is 1.97 bits per heavy atom. The zero-order chi connectivity index (χ0) is 27.6. The average Bonchev–Trinajstić information content (AvgIpc) is 3.30. The van der Waals surface area contributed by atoms with Crippen LogP contribution in [0.3, 0.4) is 0 Å². The van der Waals surface area contributed by atoms with Crippen molar-refractivity contribution >= 4 is 38.5 Å². The number of aromatic nitrogens is 3. The van der Waals surface area contributed by atoms with Crippen LogP contribution >= 0.6 is 0 Å². The predicted molar refractivity (Wildman–Crippen MR) is 150 cm³/mol. The van der Waals surface area contributed by atoms with Crippen molar-refractivity contribution in [2.45, 2.75) is 26.8 Å². The van der Waals surface area contributed by atoms with Gasteiger partial charge in [-0.05, 0) is 62.7 Å². The largest absolute Gasteiger partial charge is 0.457 e. The molecule has 0 radical (unpaired) electrons. The molecule has 204 valence electrons. The summed E-state index contributed by atoms with van der Waals surface area (Å²) in [4.78, 5) is 16.2. The number of aromatic amines is 1. The van der Waals surface area contributed by atoms with Gasteiger partial charge in [0.05, 0.1) is 11.1 Å². The molecule has 4 aromatic rings. The maximum atomic E-state index is 13.3. The zero-order valence-electron chi connectivity index (χ0n) is 21.9. The minimum absolute atomic E-state index is 0.0834. The summed E-state index contributed by atoms with van der Waals surface area (Å²) in [6, 6.07) is 12.7. The van der Waals surface area contributed by atoms with Crippen LogP contribution in [-0.4, -0.2) is 65.7 Å². The molecule has 2 N–H and O–H groups in total. The van der Waals surface area contributed by atoms with Crippen LogP contribution in [-0.2, 0) is 10.0 Å². The first-order chi connectivity index (χ1) is 18.7. The summed E-state index contributed by atoms with van der Waals surface area (Å²) >= 11 is 0. The third-order valence-electron chi connectivity index (χ3n) is 6.58. The molecule has 1 saturated heterocycles. The fourth-order valence-electron chi connectivity index (χ4n) is 4.55. The highest BCUT2D eigenvalue weighted by Gasteiger charge is 2.29. The van der Waals surface area contributed by atoms with Gasteiger partial charge in [-0.1, -0.05) is 6.07 Å². The number of nitrogens with zero attached hydrogens (tertiary/aromatic N) is 5. The fraction of sp³-hybridized carbons (Fsp3) is 0.296. The summed E-state index contributed by atoms with van der Waals surface area (Å²) in [5, 5.41) is 4.18. The van der Waals surface area contributed by atoms with Crippen LogP contribution in [0.15, 0.2) is 65.5 Å². The molecule has 0 unspecified atom stereocenters. The molecule has 1 fully saturated rings. The van der Waals surface area contributed by atoms with Crippen molar-refractivity contribution in [3.05, 3.63) is 72.4 Å². The van der Waals surface area contributed by atoms with Gasteiger partial charge in [-0.25, -0.2) is 22.8 Å². The second-order valence-corrected chi connectivity index (χ2v) is 11.3. The number of anilines is 2. The van der Waals surface area contributed by atoms with E-state index in [2.05, 4.69) is 29.6 Å². The molecule has 5 rings (SSSR count). The van der Waals surface area contributed by atoms with Crippen LogP contribution in [0.5, 0.6) is 11.5 Å². The molecule has 10 nitrogen and oxygen atoms in total. The van der Waals surface area contributed by atoms with E-state index in [0.717, 1.165) is 22.4 Å². The van der Waals surface area contributed by atoms with E-state index < -0.39 is 10.0 Å². The number of hydrogen-bond donors (Lipinski definition) is 2. The lowest BCUT2D eigenvalue weighted by atomic mass is 10.1. The van der Waals surface area contributed by atoms with E-state index in [1.807, 2.05) is 24.9 Å². The normalized spacial score (nSPS) is 16.5. The van der Waals surface area contributed by atoms with E-state index in [4.69, 9.17) is 4.74 Å². The molecule has 39 heavy (non-hydrogen) atoms. The molecule has 2 aromatic heterocycles. The Morgan fingerprint density at radius 3 is 2.72 bits per heavy atom. The molecule has 2 aromatic carbocycles. The third kappa shape index (κ3) is 5.95. The van der Waals surface area contributed by atoms with Crippen LogP contribution in [0.4, 0.5) is 15.9 Å². The molecule has 0 spiro atoms. The summed E-state index contributed by atoms with van der Waals surface area (Å²) in [5.74, 6) is 1.62. The predicted octanol–water partition coefficient (Wildman–Crippen LogP) is 4.53. The van der Waals surface area contributed by atoms with Gasteiger partial charge in [0.25, 0.3) is 10.0 Å². The Balaban J connectivity index is 1.38. The van der Waals surface area contributed by atoms with E-state index in [0.29, 0.717) is 36.8 Å². The van der Waals surface area contributed by atoms with E-state index in [1.54, 1.807) is 37.5 Å². The first-order valence-electron chi connectivity index (χ1n) is 12.7. The quantitative estimate of drug-likeness (QED) is 0.265. The van der Waals surface area contributed by atoms with E-state index in [1.165, 1.54) is 24.3 Å². The maximum Gasteiger partial charge on any atom is 0.256 e. The van der Waals surface area contributed by atoms with Crippen molar-refractivity contribution in [1.82, 2.24) is 19.9 Å². The monoisotopic (exact) mass is 551 g/mol. The van der Waals surface area contributed by atoms with Crippen molar-refractivity contribution in [1.29, 1.82) is 0 Å². The molecular weight excluding hydrogens is 521 g/mol. The Morgan fingerprint density at radius 1 is 1.18 bits per heavy atom. The lowest BCUT2D eigenvalue weighted by Crippen LogP contribution is -2.56. The van der Waals surface area contributed by atoms with Gasteiger partial charge in [0.2, 0.25) is 5.96 Å². The van der Waals surface area contributed by atoms with Crippen LogP contribution in [0.2, 0.25) is 0 Å². The Bertz CT molecular complexity index is 1610. The lowest BCUT2D eigenvalue weighted by molar-refractivity contribution is 0.297. The number of fused-ring (bicyclic) bond motifs is 1. The molecule has 1 aliphatic rings. The highest BCUT2D eigenvalue weighted by Crippen LogP contribution is 2.29. The van der Waals surface area contributed by atoms with Crippen molar-refractivity contribution in [2.24, 2.45) is 4.40 Å². The Kier molecular flexibility index (Phi) is 7.38. The van der Waals surface area contributed by atoms with Crippen molar-refractivity contribution in [3.63, 3.8) is 0 Å². The molecule has 0 bridgehead atoms. The third-order valence-corrected chi connectivity index (χ3v) is 7.76. The van der Waals surface area contributed by atoms with Crippen LogP contribution < -0.4 is 15.0 Å². The van der Waals surface area contributed by atoms with Gasteiger partial charge in [-0.15, -0.1) is 4.40 Å². The molecule has 1 atom stereocenters. The standard InChI is InChI=1S/C27H30FN7O3S/c1-4-39(36,37)33-27(32-21-6-5-7-23(14-21)38-22-10-8-20(28)9-11-22)35-13-12-34(16-19(35)3)26-24-18(2)15-29-25(24)30-17-31-26/h5-11,14-15,17,19H,4,12-13,16H2,1-3H3,(H,32,33)(H,29,30,31)/t19-/m0/s1. The number of guanidine groups is 1. The number of H-pyrrole nitrogens is 1. The topological polar surface area (TPSA) is 116 Å². The SMILES string of the molecule is CCS(=O)(=O)N=C(Nc1cccc(Oc2ccc(F)cc2)c1)N1CCN(c2ncnc3[nH]cc(C)c23)C[C@@H]1C. The van der Waals surface area contributed by atoms with Gasteiger partial charge in [-0.2, -0.15) is 0 Å². The minimum Gasteiger partial charge on any atom is -0.457 e. The van der Waals surface area contributed by atoms with Crippen LogP contribution in [0, 0.1) is 12.7 Å². The number of aryl methyl sites for hydroxylation is 1. The minimum atomic E-state index is -3.69. The zero-order valence-corrected chi connectivity index (χ0v) is 22.7. The second kappa shape index (κ2) is 10.9. The second-order valence-electron chi connectivity index (χ2n) is 9.38. The number of benzene rings is 2. The number of halogens is 1. The first-order valence-corrected chi connectivity index (χ1v) is 14.3. The molecule has 0 saturated carbocycles. The van der Waals surface area contributed by atoms with Gasteiger partial charge < -0.3 is 24.8 Å². The van der Waals surface area contributed by atoms with E-state index in [-0.39, 0.29) is 23.6 Å². The van der Waals surface area contributed by atoms with E-state index >= 15 is 0 Å². The smallest absolute Gasteiger partial charge is 0.256 e. The summed E-state index contributed by atoms with van der Waals surface area (Å²) in [6.45, 7) is 7.35. The van der Waals surface area contributed by atoms with Crippen LogP contribution in [0.25, 0.3) is 11.0 Å². The molecule has 1 aliphatic heterocycles.